The quantitative estimate of drug-likeness (QED) is 0.790. The van der Waals surface area contributed by atoms with E-state index in [1.165, 1.54) is 44.3 Å². The molecular formula is C17H28N2O. The van der Waals surface area contributed by atoms with Crippen molar-refractivity contribution in [1.29, 1.82) is 0 Å². The van der Waals surface area contributed by atoms with Gasteiger partial charge in [-0.15, -0.1) is 0 Å². The molecule has 0 radical (unpaired) electrons. The molecule has 0 aromatic rings. The summed E-state index contributed by atoms with van der Waals surface area (Å²) in [6, 6.07) is 0. The number of nitrogens with zero attached hydrogens (tertiary/aromatic N) is 2. The lowest BCUT2D eigenvalue weighted by molar-refractivity contribution is -0.131. The largest absolute Gasteiger partial charge is 0.315 e. The minimum absolute atomic E-state index is 0.00664. The maximum absolute atomic E-state index is 12.5. The number of hydrogen-bond acceptors (Lipinski definition) is 2. The van der Waals surface area contributed by atoms with Crippen LogP contribution in [-0.4, -0.2) is 41.9 Å². The van der Waals surface area contributed by atoms with Crippen molar-refractivity contribution in [1.82, 2.24) is 9.80 Å². The summed E-state index contributed by atoms with van der Waals surface area (Å²) in [6.45, 7) is 10.3. The minimum atomic E-state index is -0.00664. The van der Waals surface area contributed by atoms with Gasteiger partial charge in [0.15, 0.2) is 0 Å². The minimum Gasteiger partial charge on any atom is -0.315 e. The van der Waals surface area contributed by atoms with Crippen molar-refractivity contribution >= 4 is 5.91 Å². The van der Waals surface area contributed by atoms with Crippen molar-refractivity contribution in [3.05, 3.63) is 23.4 Å². The number of hydrogen-bond donors (Lipinski definition) is 0. The predicted molar refractivity (Wildman–Crippen MR) is 83.3 cm³/mol. The summed E-state index contributed by atoms with van der Waals surface area (Å²) in [5.74, 6) is 0.234. The molecule has 112 valence electrons. The Bertz CT molecular complexity index is 403. The van der Waals surface area contributed by atoms with Gasteiger partial charge in [-0.3, -0.25) is 4.79 Å². The Kier molecular flexibility index (Phi) is 5.41. The van der Waals surface area contributed by atoms with Crippen LogP contribution in [0.4, 0.5) is 0 Å². The molecule has 0 aliphatic carbocycles. The summed E-state index contributed by atoms with van der Waals surface area (Å²) in [5.41, 5.74) is 2.28. The van der Waals surface area contributed by atoms with Crippen LogP contribution in [0, 0.1) is 5.92 Å². The van der Waals surface area contributed by atoms with Crippen molar-refractivity contribution < 1.29 is 4.79 Å². The predicted octanol–water partition coefficient (Wildman–Crippen LogP) is 3.19. The third kappa shape index (κ3) is 3.95. The third-order valence-electron chi connectivity index (χ3n) is 4.37. The van der Waals surface area contributed by atoms with E-state index in [4.69, 9.17) is 0 Å². The Morgan fingerprint density at radius 3 is 2.40 bits per heavy atom. The van der Waals surface area contributed by atoms with Gasteiger partial charge in [-0.05, 0) is 45.9 Å². The van der Waals surface area contributed by atoms with Crippen LogP contribution in [0.3, 0.4) is 0 Å². The van der Waals surface area contributed by atoms with Crippen molar-refractivity contribution in [3.63, 3.8) is 0 Å². The summed E-state index contributed by atoms with van der Waals surface area (Å²) in [5, 5.41) is 0. The van der Waals surface area contributed by atoms with Gasteiger partial charge in [-0.25, -0.2) is 0 Å². The molecule has 0 spiro atoms. The van der Waals surface area contributed by atoms with Crippen molar-refractivity contribution in [3.8, 4) is 0 Å². The Morgan fingerprint density at radius 1 is 1.10 bits per heavy atom. The molecular weight excluding hydrogens is 248 g/mol. The Balaban J connectivity index is 1.96. The first-order chi connectivity index (χ1) is 9.58. The molecule has 1 atom stereocenters. The normalized spacial score (nSPS) is 25.9. The lowest BCUT2D eigenvalue weighted by Crippen LogP contribution is -2.39. The van der Waals surface area contributed by atoms with Crippen molar-refractivity contribution in [2.24, 2.45) is 5.92 Å². The van der Waals surface area contributed by atoms with E-state index in [-0.39, 0.29) is 11.8 Å². The fraction of sp³-hybridized carbons (Fsp3) is 0.706. The van der Waals surface area contributed by atoms with Gasteiger partial charge in [-0.1, -0.05) is 31.4 Å². The zero-order valence-corrected chi connectivity index (χ0v) is 13.2. The van der Waals surface area contributed by atoms with Gasteiger partial charge in [0, 0.05) is 18.8 Å². The van der Waals surface area contributed by atoms with Crippen LogP contribution in [0.5, 0.6) is 0 Å². The van der Waals surface area contributed by atoms with E-state index >= 15 is 0 Å². The average Bonchev–Trinajstić information content (AvgIpc) is 2.70. The molecule has 2 aliphatic rings. The molecule has 1 saturated heterocycles. The van der Waals surface area contributed by atoms with E-state index in [1.54, 1.807) is 0 Å². The summed E-state index contributed by atoms with van der Waals surface area (Å²) < 4.78 is 0. The van der Waals surface area contributed by atoms with E-state index in [2.05, 4.69) is 30.9 Å². The summed E-state index contributed by atoms with van der Waals surface area (Å²) in [4.78, 5) is 17.0. The van der Waals surface area contributed by atoms with Crippen LogP contribution in [0.1, 0.15) is 46.5 Å². The van der Waals surface area contributed by atoms with Crippen molar-refractivity contribution in [2.45, 2.75) is 46.5 Å². The highest BCUT2D eigenvalue weighted by atomic mass is 16.2. The van der Waals surface area contributed by atoms with Crippen LogP contribution in [-0.2, 0) is 4.79 Å². The first-order valence-corrected chi connectivity index (χ1v) is 7.98. The number of carbonyl (C=O) groups excluding carboxylic acids is 1. The van der Waals surface area contributed by atoms with Crippen LogP contribution in [0.25, 0.3) is 0 Å². The van der Waals surface area contributed by atoms with Crippen LogP contribution in [0.2, 0.25) is 0 Å². The molecule has 0 N–H and O–H groups in total. The number of rotatable bonds is 3. The highest BCUT2D eigenvalue weighted by Gasteiger charge is 2.23. The van der Waals surface area contributed by atoms with E-state index in [1.807, 2.05) is 11.8 Å². The maximum Gasteiger partial charge on any atom is 0.233 e. The fourth-order valence-electron chi connectivity index (χ4n) is 3.23. The molecule has 2 rings (SSSR count). The van der Waals surface area contributed by atoms with Crippen LogP contribution in [0.15, 0.2) is 23.4 Å². The second-order valence-corrected chi connectivity index (χ2v) is 6.23. The lowest BCUT2D eigenvalue weighted by Gasteiger charge is -2.28. The fourth-order valence-corrected chi connectivity index (χ4v) is 3.23. The zero-order chi connectivity index (χ0) is 14.5. The second kappa shape index (κ2) is 7.07. The standard InChI is InChI=1S/C17H28N2O/c1-14-12-15(2)17(20)19(16(3)13-14)11-10-18-8-6-4-5-7-9-18/h12-13,15H,4-11H2,1-3H3. The molecule has 0 saturated carbocycles. The molecule has 1 unspecified atom stereocenters. The molecule has 0 bridgehead atoms. The summed E-state index contributed by atoms with van der Waals surface area (Å²) in [6.07, 6.45) is 9.53. The number of carbonyl (C=O) groups is 1. The average molecular weight is 276 g/mol. The van der Waals surface area contributed by atoms with E-state index in [0.717, 1.165) is 18.8 Å². The van der Waals surface area contributed by atoms with Gasteiger partial charge >= 0.3 is 0 Å². The smallest absolute Gasteiger partial charge is 0.233 e. The van der Waals surface area contributed by atoms with E-state index < -0.39 is 0 Å². The molecule has 0 aromatic carbocycles. The SMILES string of the molecule is CC1=CC(C)C(=O)N(CCN2CCCCCC2)C(C)=C1. The summed E-state index contributed by atoms with van der Waals surface area (Å²) in [7, 11) is 0. The van der Waals surface area contributed by atoms with Gasteiger partial charge in [0.2, 0.25) is 5.91 Å². The van der Waals surface area contributed by atoms with Gasteiger partial charge < -0.3 is 9.80 Å². The molecule has 2 heterocycles. The van der Waals surface area contributed by atoms with Crippen molar-refractivity contribution in [2.75, 3.05) is 26.2 Å². The summed E-state index contributed by atoms with van der Waals surface area (Å²) >= 11 is 0. The molecule has 1 fully saturated rings. The monoisotopic (exact) mass is 276 g/mol. The van der Waals surface area contributed by atoms with Crippen LogP contribution >= 0.6 is 0 Å². The molecule has 3 nitrogen and oxygen atoms in total. The maximum atomic E-state index is 12.5. The molecule has 0 aromatic heterocycles. The van der Waals surface area contributed by atoms with Gasteiger partial charge in [0.25, 0.3) is 0 Å². The lowest BCUT2D eigenvalue weighted by atomic mass is 10.1. The number of likely N-dealkylation sites (tertiary alicyclic amines) is 1. The Morgan fingerprint density at radius 2 is 1.75 bits per heavy atom. The highest BCUT2D eigenvalue weighted by molar-refractivity contribution is 5.82. The highest BCUT2D eigenvalue weighted by Crippen LogP contribution is 2.19. The van der Waals surface area contributed by atoms with E-state index in [0.29, 0.717) is 0 Å². The molecule has 1 amide bonds. The van der Waals surface area contributed by atoms with Crippen LogP contribution < -0.4 is 0 Å². The van der Waals surface area contributed by atoms with E-state index in [9.17, 15) is 4.79 Å². The zero-order valence-electron chi connectivity index (χ0n) is 13.2. The Hall–Kier alpha value is -1.09. The first kappa shape index (κ1) is 15.3. The second-order valence-electron chi connectivity index (χ2n) is 6.23. The topological polar surface area (TPSA) is 23.6 Å². The number of allylic oxidation sites excluding steroid dienone is 3. The number of amides is 1. The molecule has 3 heteroatoms. The molecule has 2 aliphatic heterocycles. The molecule has 20 heavy (non-hydrogen) atoms. The van der Waals surface area contributed by atoms with Gasteiger partial charge in [0.1, 0.15) is 0 Å². The Labute approximate surface area is 123 Å². The van der Waals surface area contributed by atoms with Gasteiger partial charge in [0.05, 0.1) is 5.92 Å². The third-order valence-corrected chi connectivity index (χ3v) is 4.37. The van der Waals surface area contributed by atoms with Gasteiger partial charge in [-0.2, -0.15) is 0 Å². The first-order valence-electron chi connectivity index (χ1n) is 7.98.